The van der Waals surface area contributed by atoms with Crippen LogP contribution in [0.5, 0.6) is 0 Å². The third-order valence-electron chi connectivity index (χ3n) is 3.04. The van der Waals surface area contributed by atoms with Gasteiger partial charge in [0.15, 0.2) is 5.72 Å². The molecule has 1 aliphatic heterocycles. The van der Waals surface area contributed by atoms with E-state index in [9.17, 15) is 9.90 Å². The van der Waals surface area contributed by atoms with Crippen LogP contribution in [-0.4, -0.2) is 23.2 Å². The topological polar surface area (TPSA) is 49.8 Å². The lowest BCUT2D eigenvalue weighted by molar-refractivity contribution is -0.262. The molecular weight excluding hydrogens is 206 g/mol. The molecule has 1 atom stereocenters. The Balaban J connectivity index is 2.64. The highest BCUT2D eigenvalue weighted by Crippen LogP contribution is 2.41. The molecule has 0 bridgehead atoms. The van der Waals surface area contributed by atoms with E-state index in [4.69, 9.17) is 4.84 Å². The van der Waals surface area contributed by atoms with Crippen molar-refractivity contribution in [1.82, 2.24) is 5.06 Å². The van der Waals surface area contributed by atoms with E-state index in [0.717, 1.165) is 5.06 Å². The molecule has 0 unspecified atom stereocenters. The number of fused-ring (bicyclic) bond motifs is 1. The van der Waals surface area contributed by atoms with Gasteiger partial charge in [-0.3, -0.25) is 9.63 Å². The van der Waals surface area contributed by atoms with Crippen LogP contribution in [0.2, 0.25) is 0 Å². The maximum atomic E-state index is 12.0. The Labute approximate surface area is 94.4 Å². The second kappa shape index (κ2) is 3.57. The summed E-state index contributed by atoms with van der Waals surface area (Å²) < 4.78 is 0. The van der Waals surface area contributed by atoms with Gasteiger partial charge in [0, 0.05) is 17.0 Å². The molecule has 1 heterocycles. The average molecular weight is 221 g/mol. The van der Waals surface area contributed by atoms with Gasteiger partial charge in [0.1, 0.15) is 0 Å². The molecule has 0 radical (unpaired) electrons. The van der Waals surface area contributed by atoms with Crippen LogP contribution in [0, 0.1) is 5.92 Å². The van der Waals surface area contributed by atoms with Crippen molar-refractivity contribution in [2.24, 2.45) is 5.92 Å². The van der Waals surface area contributed by atoms with Crippen molar-refractivity contribution >= 4 is 5.91 Å². The van der Waals surface area contributed by atoms with Crippen LogP contribution in [0.15, 0.2) is 24.3 Å². The molecule has 2 rings (SSSR count). The zero-order valence-corrected chi connectivity index (χ0v) is 9.60. The Morgan fingerprint density at radius 1 is 1.38 bits per heavy atom. The summed E-state index contributed by atoms with van der Waals surface area (Å²) in [4.78, 5) is 17.0. The molecule has 1 aromatic rings. The molecule has 0 aliphatic carbocycles. The molecule has 1 aliphatic rings. The monoisotopic (exact) mass is 221 g/mol. The number of aliphatic hydroxyl groups is 1. The maximum absolute atomic E-state index is 12.0. The summed E-state index contributed by atoms with van der Waals surface area (Å²) in [6.07, 6.45) is 0. The molecule has 0 spiro atoms. The molecule has 0 saturated carbocycles. The van der Waals surface area contributed by atoms with Crippen LogP contribution in [0.1, 0.15) is 29.8 Å². The smallest absolute Gasteiger partial charge is 0.280 e. The van der Waals surface area contributed by atoms with E-state index >= 15 is 0 Å². The lowest BCUT2D eigenvalue weighted by Gasteiger charge is -2.35. The zero-order valence-electron chi connectivity index (χ0n) is 9.60. The fourth-order valence-corrected chi connectivity index (χ4v) is 2.13. The third kappa shape index (κ3) is 1.20. The predicted molar refractivity (Wildman–Crippen MR) is 58.4 cm³/mol. The van der Waals surface area contributed by atoms with Gasteiger partial charge in [-0.05, 0) is 6.07 Å². The average Bonchev–Trinajstić information content (AvgIpc) is 2.50. The number of carbonyl (C=O) groups excluding carboxylic acids is 1. The van der Waals surface area contributed by atoms with Crippen molar-refractivity contribution in [2.45, 2.75) is 19.6 Å². The highest BCUT2D eigenvalue weighted by molar-refractivity contribution is 5.98. The van der Waals surface area contributed by atoms with Crippen LogP contribution in [-0.2, 0) is 10.6 Å². The minimum absolute atomic E-state index is 0.153. The van der Waals surface area contributed by atoms with Gasteiger partial charge in [0.2, 0.25) is 0 Å². The van der Waals surface area contributed by atoms with Gasteiger partial charge < -0.3 is 5.11 Å². The largest absolute Gasteiger partial charge is 0.365 e. The summed E-state index contributed by atoms with van der Waals surface area (Å²) in [7, 11) is 1.39. The fourth-order valence-electron chi connectivity index (χ4n) is 2.13. The third-order valence-corrected chi connectivity index (χ3v) is 3.04. The van der Waals surface area contributed by atoms with E-state index < -0.39 is 5.72 Å². The van der Waals surface area contributed by atoms with Crippen LogP contribution in [0.3, 0.4) is 0 Å². The van der Waals surface area contributed by atoms with Crippen LogP contribution < -0.4 is 0 Å². The first-order valence-electron chi connectivity index (χ1n) is 5.24. The van der Waals surface area contributed by atoms with Gasteiger partial charge in [-0.1, -0.05) is 32.0 Å². The number of rotatable bonds is 2. The van der Waals surface area contributed by atoms with Crippen molar-refractivity contribution in [3.05, 3.63) is 35.4 Å². The first-order valence-corrected chi connectivity index (χ1v) is 5.24. The molecular formula is C12H15NO3. The van der Waals surface area contributed by atoms with Gasteiger partial charge >= 0.3 is 0 Å². The lowest BCUT2D eigenvalue weighted by Crippen LogP contribution is -2.46. The van der Waals surface area contributed by atoms with Crippen molar-refractivity contribution in [1.29, 1.82) is 0 Å². The Morgan fingerprint density at radius 3 is 2.56 bits per heavy atom. The first kappa shape index (κ1) is 11.1. The second-order valence-corrected chi connectivity index (χ2v) is 4.21. The zero-order chi connectivity index (χ0) is 11.9. The van der Waals surface area contributed by atoms with Gasteiger partial charge in [-0.25, -0.2) is 0 Å². The van der Waals surface area contributed by atoms with E-state index in [1.54, 1.807) is 24.3 Å². The summed E-state index contributed by atoms with van der Waals surface area (Å²) in [5.41, 5.74) is -0.264. The molecule has 86 valence electrons. The summed E-state index contributed by atoms with van der Waals surface area (Å²) in [6, 6.07) is 7.03. The molecule has 0 saturated heterocycles. The Hall–Kier alpha value is -1.39. The Bertz CT molecular complexity index is 430. The molecule has 1 amide bonds. The number of benzene rings is 1. The number of amides is 1. The summed E-state index contributed by atoms with van der Waals surface area (Å²) >= 11 is 0. The number of hydrogen-bond donors (Lipinski definition) is 1. The van der Waals surface area contributed by atoms with Crippen LogP contribution in [0.4, 0.5) is 0 Å². The minimum Gasteiger partial charge on any atom is -0.365 e. The number of hydroxylamine groups is 2. The molecule has 1 aromatic carbocycles. The van der Waals surface area contributed by atoms with E-state index in [0.29, 0.717) is 11.1 Å². The molecule has 4 heteroatoms. The van der Waals surface area contributed by atoms with E-state index in [2.05, 4.69) is 0 Å². The normalized spacial score (nSPS) is 24.1. The number of carbonyl (C=O) groups is 1. The molecule has 0 fully saturated rings. The lowest BCUT2D eigenvalue weighted by atomic mass is 9.92. The standard InChI is InChI=1S/C12H15NO3/c1-8(2)12(15)10-7-5-4-6-9(10)11(14)13(12)16-3/h4-8,15H,1-3H3/t12-/m1/s1. The van der Waals surface area contributed by atoms with Crippen LogP contribution >= 0.6 is 0 Å². The van der Waals surface area contributed by atoms with E-state index in [1.807, 2.05) is 13.8 Å². The van der Waals surface area contributed by atoms with Gasteiger partial charge in [-0.2, -0.15) is 5.06 Å². The van der Waals surface area contributed by atoms with Gasteiger partial charge in [0.25, 0.3) is 5.91 Å². The Kier molecular flexibility index (Phi) is 2.48. The molecule has 0 aromatic heterocycles. The maximum Gasteiger partial charge on any atom is 0.280 e. The minimum atomic E-state index is -1.37. The fraction of sp³-hybridized carbons (Fsp3) is 0.417. The summed E-state index contributed by atoms with van der Waals surface area (Å²) in [5.74, 6) is -0.450. The van der Waals surface area contributed by atoms with Gasteiger partial charge in [-0.15, -0.1) is 0 Å². The number of nitrogens with zero attached hydrogens (tertiary/aromatic N) is 1. The molecule has 1 N–H and O–H groups in total. The molecule has 4 nitrogen and oxygen atoms in total. The van der Waals surface area contributed by atoms with Crippen molar-refractivity contribution in [3.8, 4) is 0 Å². The summed E-state index contributed by atoms with van der Waals surface area (Å²) in [6.45, 7) is 3.70. The van der Waals surface area contributed by atoms with Crippen molar-refractivity contribution in [3.63, 3.8) is 0 Å². The quantitative estimate of drug-likeness (QED) is 0.823. The van der Waals surface area contributed by atoms with Gasteiger partial charge in [0.05, 0.1) is 7.11 Å². The van der Waals surface area contributed by atoms with Crippen molar-refractivity contribution in [2.75, 3.05) is 7.11 Å². The Morgan fingerprint density at radius 2 is 2.00 bits per heavy atom. The first-order chi connectivity index (χ1) is 7.53. The highest BCUT2D eigenvalue weighted by Gasteiger charge is 2.51. The SMILES string of the molecule is CON1C(=O)c2ccccc2[C@]1(O)C(C)C. The predicted octanol–water partition coefficient (Wildman–Crippen LogP) is 1.50. The summed E-state index contributed by atoms with van der Waals surface area (Å²) in [5, 5.41) is 11.7. The van der Waals surface area contributed by atoms with E-state index in [-0.39, 0.29) is 11.8 Å². The highest BCUT2D eigenvalue weighted by atomic mass is 16.7. The van der Waals surface area contributed by atoms with E-state index in [1.165, 1.54) is 7.11 Å². The molecule has 16 heavy (non-hydrogen) atoms. The van der Waals surface area contributed by atoms with Crippen LogP contribution in [0.25, 0.3) is 0 Å². The number of hydrogen-bond acceptors (Lipinski definition) is 3. The van der Waals surface area contributed by atoms with Crippen molar-refractivity contribution < 1.29 is 14.7 Å². The second-order valence-electron chi connectivity index (χ2n) is 4.21.